The molecule has 0 fully saturated rings. The minimum absolute atomic E-state index is 0.208. The van der Waals surface area contributed by atoms with Crippen LogP contribution in [0, 0.1) is 0 Å². The van der Waals surface area contributed by atoms with E-state index in [1.54, 1.807) is 6.07 Å². The predicted molar refractivity (Wildman–Crippen MR) is 53.2 cm³/mol. The monoisotopic (exact) mass is 213 g/mol. The fourth-order valence-electron chi connectivity index (χ4n) is 1.19. The largest absolute Gasteiger partial charge is 0.239 e. The molecule has 0 spiro atoms. The summed E-state index contributed by atoms with van der Waals surface area (Å²) in [5.41, 5.74) is 0. The highest BCUT2D eigenvalue weighted by atomic mass is 32.2. The zero-order chi connectivity index (χ0) is 9.47. The van der Waals surface area contributed by atoms with Crippen LogP contribution in [0.25, 0.3) is 10.1 Å². The quantitative estimate of drug-likeness (QED) is 0.781. The van der Waals surface area contributed by atoms with Gasteiger partial charge in [-0.1, -0.05) is 12.1 Å². The Hall–Kier alpha value is -0.910. The Labute approximate surface area is 79.9 Å². The molecule has 2 N–H and O–H groups in total. The van der Waals surface area contributed by atoms with E-state index < -0.39 is 10.0 Å². The maximum absolute atomic E-state index is 11.1. The lowest BCUT2D eigenvalue weighted by molar-refractivity contribution is 0.599. The van der Waals surface area contributed by atoms with Gasteiger partial charge in [-0.2, -0.15) is 0 Å². The second kappa shape index (κ2) is 2.80. The van der Waals surface area contributed by atoms with Crippen molar-refractivity contribution < 1.29 is 8.42 Å². The maximum atomic E-state index is 11.1. The molecule has 68 valence electrons. The molecule has 0 radical (unpaired) electrons. The molecule has 1 aromatic heterocycles. The number of thiophene rings is 1. The average molecular weight is 213 g/mol. The van der Waals surface area contributed by atoms with E-state index in [1.165, 1.54) is 17.4 Å². The molecular weight excluding hydrogens is 206 g/mol. The van der Waals surface area contributed by atoms with E-state index in [1.807, 2.05) is 17.5 Å². The fraction of sp³-hybridized carbons (Fsp3) is 0. The Balaban J connectivity index is 2.91. The number of hydrogen-bond donors (Lipinski definition) is 1. The number of sulfonamides is 1. The van der Waals surface area contributed by atoms with Crippen molar-refractivity contribution in [1.29, 1.82) is 0 Å². The van der Waals surface area contributed by atoms with E-state index in [9.17, 15) is 8.42 Å². The zero-order valence-electron chi connectivity index (χ0n) is 6.60. The smallest absolute Gasteiger partial charge is 0.225 e. The molecule has 0 saturated carbocycles. The van der Waals surface area contributed by atoms with Crippen LogP contribution in [0.2, 0.25) is 0 Å². The molecule has 0 saturated heterocycles. The van der Waals surface area contributed by atoms with Gasteiger partial charge in [0.1, 0.15) is 0 Å². The predicted octanol–water partition coefficient (Wildman–Crippen LogP) is 1.55. The Morgan fingerprint density at radius 3 is 2.69 bits per heavy atom. The highest BCUT2D eigenvalue weighted by molar-refractivity contribution is 7.89. The molecule has 5 heteroatoms. The minimum Gasteiger partial charge on any atom is -0.225 e. The van der Waals surface area contributed by atoms with Crippen LogP contribution in [0.4, 0.5) is 0 Å². The van der Waals surface area contributed by atoms with Crippen molar-refractivity contribution in [2.45, 2.75) is 4.90 Å². The van der Waals surface area contributed by atoms with E-state index in [0.29, 0.717) is 0 Å². The fourth-order valence-corrected chi connectivity index (χ4v) is 3.13. The van der Waals surface area contributed by atoms with Crippen LogP contribution in [0.5, 0.6) is 0 Å². The summed E-state index contributed by atoms with van der Waals surface area (Å²) in [7, 11) is -3.59. The lowest BCUT2D eigenvalue weighted by atomic mass is 10.3. The summed E-state index contributed by atoms with van der Waals surface area (Å²) in [6.45, 7) is 0. The molecular formula is C8H7NO2S2. The van der Waals surface area contributed by atoms with Crippen molar-refractivity contribution in [3.8, 4) is 0 Å². The summed E-state index contributed by atoms with van der Waals surface area (Å²) in [4.78, 5) is 0.208. The number of hydrogen-bond acceptors (Lipinski definition) is 3. The third kappa shape index (κ3) is 1.46. The van der Waals surface area contributed by atoms with Gasteiger partial charge in [-0.3, -0.25) is 0 Å². The van der Waals surface area contributed by atoms with Crippen LogP contribution in [-0.4, -0.2) is 8.42 Å². The summed E-state index contributed by atoms with van der Waals surface area (Å²) < 4.78 is 23.0. The topological polar surface area (TPSA) is 60.2 Å². The molecule has 13 heavy (non-hydrogen) atoms. The van der Waals surface area contributed by atoms with Gasteiger partial charge in [-0.15, -0.1) is 11.3 Å². The molecule has 0 aliphatic rings. The first-order chi connectivity index (χ1) is 6.09. The second-order valence-corrected chi connectivity index (χ2v) is 5.09. The van der Waals surface area contributed by atoms with Crippen molar-refractivity contribution in [1.82, 2.24) is 0 Å². The number of benzene rings is 1. The first kappa shape index (κ1) is 8.68. The molecule has 0 aliphatic carbocycles. The van der Waals surface area contributed by atoms with Crippen LogP contribution in [0.3, 0.4) is 0 Å². The van der Waals surface area contributed by atoms with Gasteiger partial charge < -0.3 is 0 Å². The van der Waals surface area contributed by atoms with Gasteiger partial charge in [0.2, 0.25) is 10.0 Å². The zero-order valence-corrected chi connectivity index (χ0v) is 8.23. The lowest BCUT2D eigenvalue weighted by Gasteiger charge is -1.98. The first-order valence-electron chi connectivity index (χ1n) is 3.58. The molecule has 3 nitrogen and oxygen atoms in total. The van der Waals surface area contributed by atoms with Gasteiger partial charge in [0.05, 0.1) is 9.60 Å². The van der Waals surface area contributed by atoms with Crippen LogP contribution in [0.15, 0.2) is 34.5 Å². The molecule has 0 amide bonds. The lowest BCUT2D eigenvalue weighted by Crippen LogP contribution is -2.11. The van der Waals surface area contributed by atoms with Crippen molar-refractivity contribution in [2.24, 2.45) is 5.14 Å². The molecule has 0 bridgehead atoms. The first-order valence-corrected chi connectivity index (χ1v) is 6.00. The van der Waals surface area contributed by atoms with Crippen LogP contribution >= 0.6 is 11.3 Å². The van der Waals surface area contributed by atoms with E-state index in [-0.39, 0.29) is 4.90 Å². The van der Waals surface area contributed by atoms with Gasteiger partial charge in [0.15, 0.2) is 0 Å². The highest BCUT2D eigenvalue weighted by Crippen LogP contribution is 2.26. The summed E-state index contributed by atoms with van der Waals surface area (Å²) >= 11 is 1.38. The van der Waals surface area contributed by atoms with Crippen LogP contribution in [-0.2, 0) is 10.0 Å². The highest BCUT2D eigenvalue weighted by Gasteiger charge is 2.12. The van der Waals surface area contributed by atoms with Gasteiger partial charge in [-0.05, 0) is 22.9 Å². The Kier molecular flexibility index (Phi) is 1.87. The molecule has 0 unspecified atom stereocenters. The number of fused-ring (bicyclic) bond motifs is 1. The van der Waals surface area contributed by atoms with E-state index >= 15 is 0 Å². The van der Waals surface area contributed by atoms with Crippen LogP contribution in [0.1, 0.15) is 0 Å². The number of nitrogens with two attached hydrogens (primary N) is 1. The standard InChI is InChI=1S/C8H7NO2S2/c9-13(10,11)7-3-1-2-6-4-5-12-8(6)7/h1-5H,(H2,9,10,11). The summed E-state index contributed by atoms with van der Waals surface area (Å²) in [6, 6.07) is 6.94. The molecule has 0 aliphatic heterocycles. The van der Waals surface area contributed by atoms with Gasteiger partial charge in [-0.25, -0.2) is 13.6 Å². The summed E-state index contributed by atoms with van der Waals surface area (Å²) in [5, 5.41) is 7.82. The van der Waals surface area contributed by atoms with E-state index in [2.05, 4.69) is 0 Å². The van der Waals surface area contributed by atoms with Crippen molar-refractivity contribution in [2.75, 3.05) is 0 Å². The molecule has 2 aromatic rings. The number of rotatable bonds is 1. The van der Waals surface area contributed by atoms with Gasteiger partial charge in [0.25, 0.3) is 0 Å². The third-order valence-electron chi connectivity index (χ3n) is 1.75. The van der Waals surface area contributed by atoms with E-state index in [4.69, 9.17) is 5.14 Å². The third-order valence-corrected chi connectivity index (χ3v) is 3.80. The molecule has 1 aromatic carbocycles. The van der Waals surface area contributed by atoms with Gasteiger partial charge in [0, 0.05) is 0 Å². The van der Waals surface area contributed by atoms with Crippen molar-refractivity contribution in [3.05, 3.63) is 29.6 Å². The Morgan fingerprint density at radius 1 is 1.23 bits per heavy atom. The Morgan fingerprint density at radius 2 is 2.00 bits per heavy atom. The normalized spacial score (nSPS) is 12.1. The minimum atomic E-state index is -3.59. The van der Waals surface area contributed by atoms with Crippen LogP contribution < -0.4 is 5.14 Å². The Bertz CT molecular complexity index is 542. The molecule has 0 atom stereocenters. The number of primary sulfonamides is 1. The molecule has 1 heterocycles. The van der Waals surface area contributed by atoms with Gasteiger partial charge >= 0.3 is 0 Å². The summed E-state index contributed by atoms with van der Waals surface area (Å²) in [5.74, 6) is 0. The van der Waals surface area contributed by atoms with Crippen molar-refractivity contribution in [3.63, 3.8) is 0 Å². The molecule has 2 rings (SSSR count). The maximum Gasteiger partial charge on any atom is 0.239 e. The SMILES string of the molecule is NS(=O)(=O)c1cccc2ccsc12. The average Bonchev–Trinajstić information content (AvgIpc) is 2.48. The van der Waals surface area contributed by atoms with E-state index in [0.717, 1.165) is 10.1 Å². The van der Waals surface area contributed by atoms with Crippen molar-refractivity contribution >= 4 is 31.4 Å². The summed E-state index contributed by atoms with van der Waals surface area (Å²) in [6.07, 6.45) is 0. The second-order valence-electron chi connectivity index (χ2n) is 2.64.